The summed E-state index contributed by atoms with van der Waals surface area (Å²) in [7, 11) is -15.6. The number of rotatable bonds is 7. The average molecular weight is 609 g/mol. The van der Waals surface area contributed by atoms with E-state index >= 15 is 0 Å². The van der Waals surface area contributed by atoms with Crippen molar-refractivity contribution in [1.82, 2.24) is 0 Å². The zero-order chi connectivity index (χ0) is 29.6. The second-order valence-electron chi connectivity index (χ2n) is 8.18. The van der Waals surface area contributed by atoms with Gasteiger partial charge in [-0.3, -0.25) is 28.6 Å². The maximum Gasteiger partial charge on any atom is 0.295 e. The highest BCUT2D eigenvalue weighted by Crippen LogP contribution is 2.37. The molecule has 4 N–H and O–H groups in total. The molecular formula is C23H16N2O12S3. The molecule has 0 heterocycles. The van der Waals surface area contributed by atoms with Crippen LogP contribution in [0.15, 0.2) is 87.5 Å². The van der Waals surface area contributed by atoms with E-state index in [1.165, 1.54) is 42.5 Å². The van der Waals surface area contributed by atoms with Crippen LogP contribution < -0.4 is 5.32 Å². The van der Waals surface area contributed by atoms with Crippen molar-refractivity contribution in [3.63, 3.8) is 0 Å². The number of anilines is 1. The van der Waals surface area contributed by atoms with Gasteiger partial charge < -0.3 is 5.32 Å². The number of hydrogen-bond acceptors (Lipinski definition) is 9. The number of carbonyl (C=O) groups excluding carboxylic acids is 1. The Morgan fingerprint density at radius 1 is 0.750 bits per heavy atom. The molecule has 4 aromatic rings. The smallest absolute Gasteiger partial charge is 0.295 e. The van der Waals surface area contributed by atoms with Crippen molar-refractivity contribution in [3.8, 4) is 11.1 Å². The Labute approximate surface area is 226 Å². The molecule has 208 valence electrons. The highest BCUT2D eigenvalue weighted by molar-refractivity contribution is 7.87. The topological polar surface area (TPSA) is 235 Å². The van der Waals surface area contributed by atoms with Crippen LogP contribution in [0.1, 0.15) is 10.4 Å². The first kappa shape index (κ1) is 28.7. The summed E-state index contributed by atoms with van der Waals surface area (Å²) in [6.07, 6.45) is 0. The predicted molar refractivity (Wildman–Crippen MR) is 140 cm³/mol. The summed E-state index contributed by atoms with van der Waals surface area (Å²) >= 11 is 0. The van der Waals surface area contributed by atoms with Crippen LogP contribution in [0, 0.1) is 10.1 Å². The van der Waals surface area contributed by atoms with Gasteiger partial charge in [0, 0.05) is 28.5 Å². The van der Waals surface area contributed by atoms with Gasteiger partial charge in [-0.25, -0.2) is 0 Å². The third-order valence-corrected chi connectivity index (χ3v) is 8.30. The standard InChI is InChI=1S/C23H16N2O12S3/c26-23(17-4-2-1-3-16(17)13-5-7-14(8-6-13)25(27)28)24-19-9-10-20(39(32,33)34)18-11-15(38(29,30)31)12-21(22(18)19)40(35,36)37/h1-12H,(H,24,26)(H,29,30,31)(H,32,33,34)(H,35,36,37). The summed E-state index contributed by atoms with van der Waals surface area (Å²) in [6, 6.07) is 13.7. The number of amides is 1. The number of hydrogen-bond donors (Lipinski definition) is 4. The first-order valence-electron chi connectivity index (χ1n) is 10.7. The van der Waals surface area contributed by atoms with Gasteiger partial charge >= 0.3 is 0 Å². The molecule has 0 aliphatic carbocycles. The third kappa shape index (κ3) is 5.69. The number of benzene rings is 4. The maximum absolute atomic E-state index is 13.4. The first-order chi connectivity index (χ1) is 18.5. The molecule has 4 rings (SSSR count). The van der Waals surface area contributed by atoms with E-state index in [1.54, 1.807) is 6.07 Å². The van der Waals surface area contributed by atoms with Crippen LogP contribution in [-0.4, -0.2) is 49.7 Å². The van der Waals surface area contributed by atoms with Crippen LogP contribution in [0.5, 0.6) is 0 Å². The molecule has 0 unspecified atom stereocenters. The molecule has 0 spiro atoms. The molecule has 0 aliphatic heterocycles. The molecule has 0 aliphatic rings. The summed E-state index contributed by atoms with van der Waals surface area (Å²) in [5.74, 6) is -0.880. The lowest BCUT2D eigenvalue weighted by Gasteiger charge is -2.16. The second-order valence-corrected chi connectivity index (χ2v) is 12.4. The van der Waals surface area contributed by atoms with Crippen molar-refractivity contribution in [2.45, 2.75) is 14.7 Å². The minimum absolute atomic E-state index is 0.00804. The molecule has 1 amide bonds. The van der Waals surface area contributed by atoms with Crippen LogP contribution in [-0.2, 0) is 30.4 Å². The zero-order valence-corrected chi connectivity index (χ0v) is 22.1. The minimum Gasteiger partial charge on any atom is -0.321 e. The number of nitro benzene ring substituents is 1. The van der Waals surface area contributed by atoms with E-state index in [1.807, 2.05) is 0 Å². The van der Waals surface area contributed by atoms with Gasteiger partial charge in [-0.1, -0.05) is 18.2 Å². The largest absolute Gasteiger partial charge is 0.321 e. The second kappa shape index (κ2) is 10.0. The van der Waals surface area contributed by atoms with Gasteiger partial charge in [-0.05, 0) is 53.6 Å². The van der Waals surface area contributed by atoms with Gasteiger partial charge in [-0.2, -0.15) is 25.3 Å². The molecule has 0 bridgehead atoms. The van der Waals surface area contributed by atoms with E-state index in [0.29, 0.717) is 23.3 Å². The molecular weight excluding hydrogens is 592 g/mol. The Kier molecular flexibility index (Phi) is 7.22. The van der Waals surface area contributed by atoms with E-state index in [4.69, 9.17) is 0 Å². The Morgan fingerprint density at radius 3 is 1.90 bits per heavy atom. The minimum atomic E-state index is -5.32. The maximum atomic E-state index is 13.4. The number of nitrogens with zero attached hydrogens (tertiary/aromatic N) is 1. The Bertz CT molecular complexity index is 2040. The highest BCUT2D eigenvalue weighted by Gasteiger charge is 2.27. The highest BCUT2D eigenvalue weighted by atomic mass is 32.2. The summed E-state index contributed by atoms with van der Waals surface area (Å²) in [4.78, 5) is 20.4. The Morgan fingerprint density at radius 2 is 1.35 bits per heavy atom. The van der Waals surface area contributed by atoms with Gasteiger partial charge in [0.1, 0.15) is 9.79 Å². The van der Waals surface area contributed by atoms with Crippen LogP contribution in [0.2, 0.25) is 0 Å². The normalized spacial score (nSPS) is 12.3. The molecule has 0 aromatic heterocycles. The van der Waals surface area contributed by atoms with Crippen LogP contribution in [0.3, 0.4) is 0 Å². The van der Waals surface area contributed by atoms with E-state index in [0.717, 1.165) is 12.1 Å². The lowest BCUT2D eigenvalue weighted by atomic mass is 9.98. The number of non-ortho nitro benzene ring substituents is 1. The lowest BCUT2D eigenvalue weighted by molar-refractivity contribution is -0.384. The Balaban J connectivity index is 1.95. The molecule has 0 radical (unpaired) electrons. The number of nitrogens with one attached hydrogen (secondary N) is 1. The Hall–Kier alpha value is -4.26. The van der Waals surface area contributed by atoms with Crippen molar-refractivity contribution in [2.75, 3.05) is 5.32 Å². The third-order valence-electron chi connectivity index (χ3n) is 5.67. The summed E-state index contributed by atoms with van der Waals surface area (Å²) in [6.45, 7) is 0. The summed E-state index contributed by atoms with van der Waals surface area (Å²) in [5.41, 5.74) is 0.0848. The van der Waals surface area contributed by atoms with Crippen molar-refractivity contribution in [3.05, 3.63) is 88.5 Å². The van der Waals surface area contributed by atoms with Gasteiger partial charge in [0.15, 0.2) is 0 Å². The summed E-state index contributed by atoms with van der Waals surface area (Å²) < 4.78 is 101. The van der Waals surface area contributed by atoms with Gasteiger partial charge in [0.05, 0.1) is 15.5 Å². The molecule has 0 fully saturated rings. The average Bonchev–Trinajstić information content (AvgIpc) is 2.86. The summed E-state index contributed by atoms with van der Waals surface area (Å²) in [5, 5.41) is 11.9. The molecule has 0 saturated heterocycles. The predicted octanol–water partition coefficient (Wildman–Crippen LogP) is 3.41. The van der Waals surface area contributed by atoms with Gasteiger partial charge in [-0.15, -0.1) is 0 Å². The fraction of sp³-hybridized carbons (Fsp3) is 0. The van der Waals surface area contributed by atoms with E-state index in [2.05, 4.69) is 5.32 Å². The van der Waals surface area contributed by atoms with Crippen LogP contribution >= 0.6 is 0 Å². The van der Waals surface area contributed by atoms with Crippen molar-refractivity contribution in [2.24, 2.45) is 0 Å². The first-order valence-corrected chi connectivity index (χ1v) is 15.0. The lowest BCUT2D eigenvalue weighted by Crippen LogP contribution is -2.15. The van der Waals surface area contributed by atoms with Gasteiger partial charge in [0.25, 0.3) is 41.9 Å². The fourth-order valence-corrected chi connectivity index (χ4v) is 6.00. The molecule has 17 heteroatoms. The molecule has 40 heavy (non-hydrogen) atoms. The fourth-order valence-electron chi connectivity index (χ4n) is 3.96. The number of nitro groups is 1. The van der Waals surface area contributed by atoms with E-state index in [9.17, 15) is 53.8 Å². The van der Waals surface area contributed by atoms with Crippen molar-refractivity contribution in [1.29, 1.82) is 0 Å². The monoisotopic (exact) mass is 608 g/mol. The van der Waals surface area contributed by atoms with Crippen molar-refractivity contribution < 1.29 is 48.6 Å². The quantitative estimate of drug-likeness (QED) is 0.134. The number of carbonyl (C=O) groups is 1. The van der Waals surface area contributed by atoms with Crippen LogP contribution in [0.4, 0.5) is 11.4 Å². The van der Waals surface area contributed by atoms with Crippen molar-refractivity contribution >= 4 is 58.4 Å². The molecule has 0 saturated carbocycles. The van der Waals surface area contributed by atoms with E-state index in [-0.39, 0.29) is 11.3 Å². The van der Waals surface area contributed by atoms with Gasteiger partial charge in [0.2, 0.25) is 0 Å². The zero-order valence-electron chi connectivity index (χ0n) is 19.6. The SMILES string of the molecule is O=C(Nc1ccc(S(=O)(=O)O)c2cc(S(=O)(=O)O)cc(S(=O)(=O)O)c12)c1ccccc1-c1ccc([N+](=O)[O-])cc1. The van der Waals surface area contributed by atoms with E-state index < -0.39 is 72.3 Å². The molecule has 4 aromatic carbocycles. The molecule has 14 nitrogen and oxygen atoms in total. The number of fused-ring (bicyclic) bond motifs is 1. The molecule has 0 atom stereocenters. The van der Waals surface area contributed by atoms with Crippen LogP contribution in [0.25, 0.3) is 21.9 Å².